The predicted molar refractivity (Wildman–Crippen MR) is 31.7 cm³/mol. The highest BCUT2D eigenvalue weighted by atomic mass is 19.2. The van der Waals surface area contributed by atoms with Crippen LogP contribution in [0.2, 0.25) is 0 Å². The van der Waals surface area contributed by atoms with Crippen LogP contribution in [0.1, 0.15) is 5.69 Å². The average molecular weight is 174 g/mol. The van der Waals surface area contributed by atoms with Crippen LogP contribution in [0.5, 0.6) is 0 Å². The fraction of sp³-hybridized carbons (Fsp3) is 0. The number of nitrogens with zero attached hydrogens (tertiary/aromatic N) is 1. The second-order valence-electron chi connectivity index (χ2n) is 1.88. The third-order valence-electron chi connectivity index (χ3n) is 1.16. The summed E-state index contributed by atoms with van der Waals surface area (Å²) >= 11 is 0. The molecule has 0 aliphatic carbocycles. The minimum Gasteiger partial charge on any atom is -0.318 e. The van der Waals surface area contributed by atoms with Gasteiger partial charge < -0.3 is 4.98 Å². The van der Waals surface area contributed by atoms with E-state index in [9.17, 15) is 18.0 Å². The number of aromatic amines is 1. The number of nitrogens with one attached hydrogen (secondary N) is 1. The Morgan fingerprint density at radius 1 is 1.25 bits per heavy atom. The Morgan fingerprint density at radius 2 is 1.83 bits per heavy atom. The van der Waals surface area contributed by atoms with E-state index in [0.29, 0.717) is 0 Å². The van der Waals surface area contributed by atoms with Crippen molar-refractivity contribution in [2.24, 2.45) is 0 Å². The van der Waals surface area contributed by atoms with E-state index in [-0.39, 0.29) is 0 Å². The smallest absolute Gasteiger partial charge is 0.257 e. The van der Waals surface area contributed by atoms with E-state index in [1.807, 2.05) is 0 Å². The van der Waals surface area contributed by atoms with Crippen LogP contribution >= 0.6 is 0 Å². The van der Waals surface area contributed by atoms with Crippen molar-refractivity contribution in [3.63, 3.8) is 0 Å². The molecule has 0 aliphatic rings. The van der Waals surface area contributed by atoms with E-state index in [2.05, 4.69) is 0 Å². The number of hydrogen-bond acceptors (Lipinski definition) is 2. The van der Waals surface area contributed by atoms with Gasteiger partial charge in [-0.25, -0.2) is 0 Å². The largest absolute Gasteiger partial charge is 0.318 e. The molecule has 0 spiro atoms. The van der Waals surface area contributed by atoms with Crippen LogP contribution < -0.4 is 5.43 Å². The minimum absolute atomic E-state index is 0.918. The van der Waals surface area contributed by atoms with Crippen molar-refractivity contribution in [1.29, 1.82) is 5.26 Å². The maximum absolute atomic E-state index is 12.5. The summed E-state index contributed by atoms with van der Waals surface area (Å²) in [5.41, 5.74) is -2.67. The zero-order chi connectivity index (χ0) is 9.30. The molecule has 1 N–H and O–H groups in total. The monoisotopic (exact) mass is 174 g/mol. The summed E-state index contributed by atoms with van der Waals surface area (Å²) in [6, 6.07) is 1.17. The lowest BCUT2D eigenvalue weighted by Gasteiger charge is -1.94. The second kappa shape index (κ2) is 2.70. The van der Waals surface area contributed by atoms with Gasteiger partial charge in [-0.05, 0) is 0 Å². The summed E-state index contributed by atoms with van der Waals surface area (Å²) in [6.07, 6.45) is 0. The zero-order valence-electron chi connectivity index (χ0n) is 5.49. The first-order valence-electron chi connectivity index (χ1n) is 2.74. The normalized spacial score (nSPS) is 9.50. The number of rotatable bonds is 0. The molecule has 0 atom stereocenters. The number of pyridine rings is 1. The molecule has 0 aromatic carbocycles. The van der Waals surface area contributed by atoms with Crippen LogP contribution in [0, 0.1) is 28.9 Å². The average Bonchev–Trinajstić information content (AvgIpc) is 2.08. The highest BCUT2D eigenvalue weighted by Gasteiger charge is 2.15. The van der Waals surface area contributed by atoms with Gasteiger partial charge in [-0.1, -0.05) is 0 Å². The van der Waals surface area contributed by atoms with Crippen LogP contribution in [0.4, 0.5) is 13.2 Å². The van der Waals surface area contributed by atoms with Crippen molar-refractivity contribution in [2.75, 3.05) is 0 Å². The molecule has 0 saturated carbocycles. The minimum atomic E-state index is -1.86. The van der Waals surface area contributed by atoms with E-state index in [1.165, 1.54) is 11.1 Å². The number of nitriles is 1. The zero-order valence-corrected chi connectivity index (χ0v) is 5.49. The topological polar surface area (TPSA) is 56.6 Å². The molecule has 3 nitrogen and oxygen atoms in total. The Balaban J connectivity index is 3.64. The molecule has 1 rings (SSSR count). The van der Waals surface area contributed by atoms with E-state index in [0.717, 1.165) is 0 Å². The van der Waals surface area contributed by atoms with E-state index >= 15 is 0 Å². The van der Waals surface area contributed by atoms with Gasteiger partial charge in [0.05, 0.1) is 0 Å². The van der Waals surface area contributed by atoms with Crippen molar-refractivity contribution >= 4 is 0 Å². The van der Waals surface area contributed by atoms with Gasteiger partial charge in [-0.15, -0.1) is 0 Å². The van der Waals surface area contributed by atoms with Crippen molar-refractivity contribution < 1.29 is 13.2 Å². The molecule has 0 fully saturated rings. The highest BCUT2D eigenvalue weighted by Crippen LogP contribution is 2.01. The van der Waals surface area contributed by atoms with E-state index in [4.69, 9.17) is 5.26 Å². The standard InChI is InChI=1S/C6HF3N2O/c7-3-2(1-10)11-6(9)4(8)5(3)12/h(H,11,12). The van der Waals surface area contributed by atoms with Gasteiger partial charge in [0.2, 0.25) is 17.6 Å². The van der Waals surface area contributed by atoms with Gasteiger partial charge >= 0.3 is 0 Å². The number of halogens is 3. The second-order valence-corrected chi connectivity index (χ2v) is 1.88. The summed E-state index contributed by atoms with van der Waals surface area (Å²) in [4.78, 5) is 11.9. The number of aromatic nitrogens is 1. The summed E-state index contributed by atoms with van der Waals surface area (Å²) in [5, 5.41) is 8.11. The van der Waals surface area contributed by atoms with Gasteiger partial charge in [0.25, 0.3) is 5.43 Å². The van der Waals surface area contributed by atoms with Crippen LogP contribution in [0.25, 0.3) is 0 Å². The lowest BCUT2D eigenvalue weighted by Crippen LogP contribution is -2.17. The fourth-order valence-corrected chi connectivity index (χ4v) is 0.606. The third kappa shape index (κ3) is 1.05. The summed E-state index contributed by atoms with van der Waals surface area (Å²) in [7, 11) is 0. The molecular weight excluding hydrogens is 173 g/mol. The first-order valence-corrected chi connectivity index (χ1v) is 2.74. The maximum Gasteiger partial charge on any atom is 0.257 e. The van der Waals surface area contributed by atoms with Gasteiger partial charge in [0, 0.05) is 0 Å². The van der Waals surface area contributed by atoms with Crippen LogP contribution in [-0.4, -0.2) is 4.98 Å². The molecule has 62 valence electrons. The van der Waals surface area contributed by atoms with E-state index < -0.39 is 28.7 Å². The highest BCUT2D eigenvalue weighted by molar-refractivity contribution is 5.22. The molecule has 0 radical (unpaired) electrons. The number of hydrogen-bond donors (Lipinski definition) is 1. The molecule has 0 amide bonds. The molecular formula is C6HF3N2O. The summed E-state index contributed by atoms with van der Waals surface area (Å²) < 4.78 is 37.0. The molecule has 0 unspecified atom stereocenters. The molecule has 0 aliphatic heterocycles. The van der Waals surface area contributed by atoms with Crippen LogP contribution in [0.15, 0.2) is 4.79 Å². The molecule has 6 heteroatoms. The third-order valence-corrected chi connectivity index (χ3v) is 1.16. The van der Waals surface area contributed by atoms with Crippen LogP contribution in [-0.2, 0) is 0 Å². The first-order chi connectivity index (χ1) is 5.57. The lowest BCUT2D eigenvalue weighted by atomic mass is 10.3. The fourth-order valence-electron chi connectivity index (χ4n) is 0.606. The summed E-state index contributed by atoms with van der Waals surface area (Å²) in [5.74, 6) is -5.11. The van der Waals surface area contributed by atoms with Crippen molar-refractivity contribution in [3.8, 4) is 6.07 Å². The Labute approximate surface area is 64.1 Å². The molecule has 12 heavy (non-hydrogen) atoms. The molecule has 1 aromatic heterocycles. The quantitative estimate of drug-likeness (QED) is 0.587. The van der Waals surface area contributed by atoms with E-state index in [1.54, 1.807) is 0 Å². The Hall–Kier alpha value is -1.77. The lowest BCUT2D eigenvalue weighted by molar-refractivity contribution is 0.452. The molecule has 1 heterocycles. The van der Waals surface area contributed by atoms with Gasteiger partial charge in [-0.2, -0.15) is 18.4 Å². The molecule has 0 bridgehead atoms. The molecule has 0 saturated heterocycles. The van der Waals surface area contributed by atoms with Crippen molar-refractivity contribution in [3.05, 3.63) is 33.5 Å². The molecule has 1 aromatic rings. The number of H-pyrrole nitrogens is 1. The van der Waals surface area contributed by atoms with Crippen molar-refractivity contribution in [2.45, 2.75) is 0 Å². The Bertz CT molecular complexity index is 418. The maximum atomic E-state index is 12.5. The SMILES string of the molecule is N#Cc1[nH]c(F)c(F)c(=O)c1F. The van der Waals surface area contributed by atoms with Crippen LogP contribution in [0.3, 0.4) is 0 Å². The van der Waals surface area contributed by atoms with Gasteiger partial charge in [0.15, 0.2) is 5.69 Å². The van der Waals surface area contributed by atoms with Gasteiger partial charge in [-0.3, -0.25) is 4.79 Å². The van der Waals surface area contributed by atoms with Crippen molar-refractivity contribution in [1.82, 2.24) is 4.98 Å². The first kappa shape index (κ1) is 8.33. The predicted octanol–water partition coefficient (Wildman–Crippen LogP) is 0.664. The Morgan fingerprint density at radius 3 is 2.33 bits per heavy atom. The Kier molecular flexibility index (Phi) is 1.87. The van der Waals surface area contributed by atoms with Gasteiger partial charge in [0.1, 0.15) is 6.07 Å². The summed E-state index contributed by atoms with van der Waals surface area (Å²) in [6.45, 7) is 0.